The third-order valence-electron chi connectivity index (χ3n) is 5.09. The van der Waals surface area contributed by atoms with Gasteiger partial charge in [0, 0.05) is 40.7 Å². The molecule has 0 atom stereocenters. The predicted molar refractivity (Wildman–Crippen MR) is 116 cm³/mol. The summed E-state index contributed by atoms with van der Waals surface area (Å²) in [4.78, 5) is 17.2. The summed E-state index contributed by atoms with van der Waals surface area (Å²) in [5, 5.41) is 0.958. The zero-order valence-electron chi connectivity index (χ0n) is 16.6. The number of aromatic nitrogens is 4. The van der Waals surface area contributed by atoms with E-state index in [4.69, 9.17) is 4.98 Å². The Morgan fingerprint density at radius 1 is 0.625 bits per heavy atom. The Bertz CT molecular complexity index is 1390. The van der Waals surface area contributed by atoms with Gasteiger partial charge in [-0.1, -0.05) is 48.5 Å². The van der Waals surface area contributed by atoms with E-state index in [0.717, 1.165) is 39.9 Å². The van der Waals surface area contributed by atoms with E-state index < -0.39 is 11.9 Å². The molecule has 0 spiro atoms. The molecular weight excluding hydrogens is 413 g/mol. The summed E-state index contributed by atoms with van der Waals surface area (Å²) in [5.41, 5.74) is 3.56. The van der Waals surface area contributed by atoms with Crippen LogP contribution in [-0.2, 0) is 6.18 Å². The van der Waals surface area contributed by atoms with Crippen LogP contribution >= 0.6 is 0 Å². The van der Waals surface area contributed by atoms with Crippen molar-refractivity contribution < 1.29 is 13.2 Å². The van der Waals surface area contributed by atoms with E-state index in [1.807, 2.05) is 60.7 Å². The van der Waals surface area contributed by atoms with Crippen LogP contribution in [0.3, 0.4) is 0 Å². The number of pyridine rings is 2. The van der Waals surface area contributed by atoms with Crippen molar-refractivity contribution in [3.63, 3.8) is 0 Å². The van der Waals surface area contributed by atoms with E-state index in [1.165, 1.54) is 6.07 Å². The fourth-order valence-corrected chi connectivity index (χ4v) is 3.56. The van der Waals surface area contributed by atoms with E-state index in [-0.39, 0.29) is 0 Å². The number of hydrogen-bond donors (Lipinski definition) is 0. The second kappa shape index (κ2) is 7.85. The number of halogens is 3. The van der Waals surface area contributed by atoms with Crippen molar-refractivity contribution >= 4 is 10.9 Å². The first kappa shape index (κ1) is 19.8. The lowest BCUT2D eigenvalue weighted by Crippen LogP contribution is -2.07. The van der Waals surface area contributed by atoms with Gasteiger partial charge in [-0.3, -0.25) is 9.97 Å². The normalized spacial score (nSPS) is 11.6. The SMILES string of the molecule is FC(F)(F)c1ccc(-c2ncc(-c3ccnc4ccccc34)c(-c3ccccc3)n2)cn1. The summed E-state index contributed by atoms with van der Waals surface area (Å²) >= 11 is 0. The smallest absolute Gasteiger partial charge is 0.256 e. The molecule has 0 saturated heterocycles. The van der Waals surface area contributed by atoms with Crippen molar-refractivity contribution in [2.45, 2.75) is 6.18 Å². The van der Waals surface area contributed by atoms with Crippen molar-refractivity contribution in [2.24, 2.45) is 0 Å². The van der Waals surface area contributed by atoms with Crippen LogP contribution in [0.25, 0.3) is 44.7 Å². The van der Waals surface area contributed by atoms with E-state index in [2.05, 4.69) is 15.0 Å². The van der Waals surface area contributed by atoms with E-state index in [9.17, 15) is 13.2 Å². The Kier molecular flexibility index (Phi) is 4.86. The van der Waals surface area contributed by atoms with Gasteiger partial charge in [-0.2, -0.15) is 13.2 Å². The highest BCUT2D eigenvalue weighted by molar-refractivity contribution is 5.97. The molecule has 0 amide bonds. The van der Waals surface area contributed by atoms with Crippen molar-refractivity contribution in [1.29, 1.82) is 0 Å². The summed E-state index contributed by atoms with van der Waals surface area (Å²) in [6.07, 6.45) is 0.0829. The number of fused-ring (bicyclic) bond motifs is 1. The molecule has 0 aliphatic heterocycles. The number of alkyl halides is 3. The highest BCUT2D eigenvalue weighted by Gasteiger charge is 2.32. The van der Waals surface area contributed by atoms with Gasteiger partial charge in [0.25, 0.3) is 0 Å². The van der Waals surface area contributed by atoms with E-state index in [1.54, 1.807) is 12.4 Å². The van der Waals surface area contributed by atoms with E-state index >= 15 is 0 Å². The maximum absolute atomic E-state index is 12.9. The number of nitrogens with zero attached hydrogens (tertiary/aromatic N) is 4. The summed E-state index contributed by atoms with van der Waals surface area (Å²) in [5.74, 6) is 0.298. The van der Waals surface area contributed by atoms with Crippen molar-refractivity contribution in [1.82, 2.24) is 19.9 Å². The van der Waals surface area contributed by atoms with Gasteiger partial charge in [-0.15, -0.1) is 0 Å². The quantitative estimate of drug-likeness (QED) is 0.332. The molecule has 0 saturated carbocycles. The molecule has 0 bridgehead atoms. The second-order valence-electron chi connectivity index (χ2n) is 7.13. The molecule has 0 unspecified atom stereocenters. The molecule has 0 N–H and O–H groups in total. The lowest BCUT2D eigenvalue weighted by molar-refractivity contribution is -0.141. The fourth-order valence-electron chi connectivity index (χ4n) is 3.56. The zero-order valence-corrected chi connectivity index (χ0v) is 16.6. The lowest BCUT2D eigenvalue weighted by atomic mass is 9.97. The molecule has 5 rings (SSSR count). The maximum Gasteiger partial charge on any atom is 0.433 e. The van der Waals surface area contributed by atoms with Crippen molar-refractivity contribution in [3.8, 4) is 33.8 Å². The van der Waals surface area contributed by atoms with Crippen LogP contribution in [0, 0.1) is 0 Å². The van der Waals surface area contributed by atoms with Crippen LogP contribution in [0.15, 0.2) is 91.4 Å². The molecule has 156 valence electrons. The predicted octanol–water partition coefficient (Wildman–Crippen LogP) is 6.44. The highest BCUT2D eigenvalue weighted by Crippen LogP contribution is 2.35. The largest absolute Gasteiger partial charge is 0.433 e. The second-order valence-corrected chi connectivity index (χ2v) is 7.13. The highest BCUT2D eigenvalue weighted by atomic mass is 19.4. The monoisotopic (exact) mass is 428 g/mol. The molecule has 4 nitrogen and oxygen atoms in total. The first-order valence-electron chi connectivity index (χ1n) is 9.81. The molecule has 2 aromatic carbocycles. The van der Waals surface area contributed by atoms with Gasteiger partial charge < -0.3 is 0 Å². The number of rotatable bonds is 3. The Balaban J connectivity index is 1.69. The first-order chi connectivity index (χ1) is 15.5. The minimum Gasteiger partial charge on any atom is -0.256 e. The molecule has 7 heteroatoms. The number of hydrogen-bond acceptors (Lipinski definition) is 4. The van der Waals surface area contributed by atoms with Gasteiger partial charge in [0.05, 0.1) is 11.2 Å². The van der Waals surface area contributed by atoms with E-state index in [0.29, 0.717) is 17.1 Å². The average molecular weight is 428 g/mol. The third kappa shape index (κ3) is 3.69. The Labute approximate surface area is 181 Å². The minimum atomic E-state index is -4.50. The summed E-state index contributed by atoms with van der Waals surface area (Å²) < 4.78 is 38.6. The van der Waals surface area contributed by atoms with Crippen LogP contribution < -0.4 is 0 Å². The molecule has 32 heavy (non-hydrogen) atoms. The summed E-state index contributed by atoms with van der Waals surface area (Å²) in [6, 6.07) is 21.6. The van der Waals surface area contributed by atoms with Gasteiger partial charge >= 0.3 is 6.18 Å². The molecule has 3 aromatic heterocycles. The summed E-state index contributed by atoms with van der Waals surface area (Å²) in [6.45, 7) is 0. The lowest BCUT2D eigenvalue weighted by Gasteiger charge is -2.13. The summed E-state index contributed by atoms with van der Waals surface area (Å²) in [7, 11) is 0. The standard InChI is InChI=1S/C25H15F3N4/c26-25(27,28)22-11-10-17(14-30-22)24-31-15-20(23(32-24)16-6-2-1-3-7-16)18-12-13-29-21-9-5-4-8-19(18)21/h1-15H. The molecule has 0 radical (unpaired) electrons. The van der Waals surface area contributed by atoms with Gasteiger partial charge in [-0.25, -0.2) is 9.97 Å². The molecule has 3 heterocycles. The minimum absolute atomic E-state index is 0.298. The Morgan fingerprint density at radius 3 is 2.16 bits per heavy atom. The van der Waals surface area contributed by atoms with Crippen LogP contribution in [0.1, 0.15) is 5.69 Å². The molecule has 0 aliphatic carbocycles. The average Bonchev–Trinajstić information content (AvgIpc) is 2.83. The van der Waals surface area contributed by atoms with Crippen LogP contribution in [0.2, 0.25) is 0 Å². The van der Waals surface area contributed by atoms with Gasteiger partial charge in [0.15, 0.2) is 5.82 Å². The number of para-hydroxylation sites is 1. The molecule has 0 fully saturated rings. The van der Waals surface area contributed by atoms with Crippen LogP contribution in [-0.4, -0.2) is 19.9 Å². The van der Waals surface area contributed by atoms with Gasteiger partial charge in [-0.05, 0) is 29.8 Å². The van der Waals surface area contributed by atoms with Crippen molar-refractivity contribution in [2.75, 3.05) is 0 Å². The maximum atomic E-state index is 12.9. The molecule has 5 aromatic rings. The Morgan fingerprint density at radius 2 is 1.41 bits per heavy atom. The Hall–Kier alpha value is -4.13. The topological polar surface area (TPSA) is 51.6 Å². The van der Waals surface area contributed by atoms with Gasteiger partial charge in [0.1, 0.15) is 5.69 Å². The molecule has 0 aliphatic rings. The van der Waals surface area contributed by atoms with Crippen LogP contribution in [0.4, 0.5) is 13.2 Å². The van der Waals surface area contributed by atoms with Crippen LogP contribution in [0.5, 0.6) is 0 Å². The van der Waals surface area contributed by atoms with Gasteiger partial charge in [0.2, 0.25) is 0 Å². The zero-order chi connectivity index (χ0) is 22.1. The van der Waals surface area contributed by atoms with Crippen molar-refractivity contribution in [3.05, 3.63) is 97.1 Å². The third-order valence-corrected chi connectivity index (χ3v) is 5.09. The number of benzene rings is 2. The fraction of sp³-hybridized carbons (Fsp3) is 0.0400. The first-order valence-corrected chi connectivity index (χ1v) is 9.81. The molecular formula is C25H15F3N4.